The summed E-state index contributed by atoms with van der Waals surface area (Å²) in [5.74, 6) is 3.53. The van der Waals surface area contributed by atoms with E-state index in [1.807, 2.05) is 0 Å². The Morgan fingerprint density at radius 1 is 1.41 bits per heavy atom. The second-order valence-electron chi connectivity index (χ2n) is 3.47. The molecule has 0 saturated heterocycles. The number of hydrogen-bond acceptors (Lipinski definition) is 3. The van der Waals surface area contributed by atoms with E-state index in [0.29, 0.717) is 5.56 Å². The van der Waals surface area contributed by atoms with Crippen LogP contribution in [0.2, 0.25) is 0 Å². The van der Waals surface area contributed by atoms with Crippen LogP contribution in [0.3, 0.4) is 0 Å². The molecule has 0 aliphatic heterocycles. The monoisotopic (exact) mass is 252 g/mol. The molecule has 1 aromatic rings. The van der Waals surface area contributed by atoms with Crippen molar-refractivity contribution in [2.45, 2.75) is 18.7 Å². The molecule has 0 aromatic heterocycles. The maximum absolute atomic E-state index is 11.9. The normalized spacial score (nSPS) is 10.5. The highest BCUT2D eigenvalue weighted by Crippen LogP contribution is 2.18. The van der Waals surface area contributed by atoms with Gasteiger partial charge in [0.15, 0.2) is 9.84 Å². The van der Waals surface area contributed by atoms with Crippen molar-refractivity contribution in [3.8, 4) is 11.8 Å². The van der Waals surface area contributed by atoms with E-state index in [9.17, 15) is 13.2 Å². The Balaban J connectivity index is 3.33. The largest absolute Gasteiger partial charge is 0.478 e. The number of aryl methyl sites for hydroxylation is 1. The van der Waals surface area contributed by atoms with Crippen LogP contribution >= 0.6 is 0 Å². The van der Waals surface area contributed by atoms with Crippen LogP contribution in [-0.4, -0.2) is 25.2 Å². The Morgan fingerprint density at radius 3 is 2.59 bits per heavy atom. The molecule has 5 heteroatoms. The third-order valence-corrected chi connectivity index (χ3v) is 3.84. The minimum atomic E-state index is -3.55. The van der Waals surface area contributed by atoms with Gasteiger partial charge in [0.1, 0.15) is 5.75 Å². The van der Waals surface area contributed by atoms with E-state index in [1.54, 1.807) is 13.8 Å². The summed E-state index contributed by atoms with van der Waals surface area (Å²) in [6.45, 7) is 3.17. The van der Waals surface area contributed by atoms with Gasteiger partial charge in [-0.15, -0.1) is 5.92 Å². The second-order valence-corrected chi connectivity index (χ2v) is 5.43. The third kappa shape index (κ3) is 3.08. The molecule has 0 aliphatic rings. The maximum Gasteiger partial charge on any atom is 0.335 e. The Hall–Kier alpha value is -1.80. The lowest BCUT2D eigenvalue weighted by Crippen LogP contribution is -2.09. The lowest BCUT2D eigenvalue weighted by Gasteiger charge is -2.06. The van der Waals surface area contributed by atoms with Crippen molar-refractivity contribution in [3.05, 3.63) is 29.3 Å². The predicted molar refractivity (Wildman–Crippen MR) is 63.6 cm³/mol. The van der Waals surface area contributed by atoms with Gasteiger partial charge in [0.25, 0.3) is 0 Å². The van der Waals surface area contributed by atoms with Crippen LogP contribution in [0.15, 0.2) is 23.1 Å². The molecule has 0 fully saturated rings. The lowest BCUT2D eigenvalue weighted by atomic mass is 10.1. The molecule has 4 nitrogen and oxygen atoms in total. The van der Waals surface area contributed by atoms with Crippen molar-refractivity contribution >= 4 is 15.8 Å². The molecule has 1 rings (SSSR count). The lowest BCUT2D eigenvalue weighted by molar-refractivity contribution is 0.0696. The summed E-state index contributed by atoms with van der Waals surface area (Å²) < 4.78 is 23.8. The third-order valence-electron chi connectivity index (χ3n) is 2.21. The van der Waals surface area contributed by atoms with Crippen molar-refractivity contribution in [3.63, 3.8) is 0 Å². The summed E-state index contributed by atoms with van der Waals surface area (Å²) in [4.78, 5) is 10.8. The molecule has 0 heterocycles. The number of carboxylic acid groups (broad SMARTS) is 1. The van der Waals surface area contributed by atoms with Crippen molar-refractivity contribution in [1.82, 2.24) is 0 Å². The molecule has 1 aromatic carbocycles. The van der Waals surface area contributed by atoms with Gasteiger partial charge in [-0.1, -0.05) is 12.0 Å². The van der Waals surface area contributed by atoms with Crippen LogP contribution in [0.1, 0.15) is 22.8 Å². The number of benzene rings is 1. The maximum atomic E-state index is 11.9. The van der Waals surface area contributed by atoms with Gasteiger partial charge in [-0.3, -0.25) is 0 Å². The highest BCUT2D eigenvalue weighted by atomic mass is 32.2. The molecule has 1 N–H and O–H groups in total. The van der Waals surface area contributed by atoms with Gasteiger partial charge in [0, 0.05) is 0 Å². The van der Waals surface area contributed by atoms with Gasteiger partial charge in [0.05, 0.1) is 10.5 Å². The second kappa shape index (κ2) is 5.02. The molecule has 0 amide bonds. The topological polar surface area (TPSA) is 71.4 Å². The van der Waals surface area contributed by atoms with E-state index in [2.05, 4.69) is 11.8 Å². The van der Waals surface area contributed by atoms with E-state index in [0.717, 1.165) is 0 Å². The number of hydrogen-bond donors (Lipinski definition) is 1. The highest BCUT2D eigenvalue weighted by molar-refractivity contribution is 7.91. The molecule has 0 radical (unpaired) electrons. The fraction of sp³-hybridized carbons (Fsp3) is 0.250. The first-order valence-corrected chi connectivity index (χ1v) is 6.50. The molecule has 0 aliphatic carbocycles. The fourth-order valence-corrected chi connectivity index (χ4v) is 2.67. The number of sulfone groups is 1. The predicted octanol–water partition coefficient (Wildman–Crippen LogP) is 1.49. The number of carboxylic acids is 1. The summed E-state index contributed by atoms with van der Waals surface area (Å²) in [7, 11) is -3.55. The summed E-state index contributed by atoms with van der Waals surface area (Å²) in [6.07, 6.45) is 0. The Morgan fingerprint density at radius 2 is 2.06 bits per heavy atom. The average molecular weight is 252 g/mol. The van der Waals surface area contributed by atoms with E-state index >= 15 is 0 Å². The average Bonchev–Trinajstić information content (AvgIpc) is 2.26. The van der Waals surface area contributed by atoms with Crippen molar-refractivity contribution < 1.29 is 18.3 Å². The molecular weight excluding hydrogens is 240 g/mol. The zero-order valence-corrected chi connectivity index (χ0v) is 10.3. The van der Waals surface area contributed by atoms with E-state index in [4.69, 9.17) is 5.11 Å². The first-order valence-electron chi connectivity index (χ1n) is 4.85. The van der Waals surface area contributed by atoms with Gasteiger partial charge in [0.2, 0.25) is 0 Å². The van der Waals surface area contributed by atoms with Crippen LogP contribution < -0.4 is 0 Å². The Labute approximate surface area is 100 Å². The first kappa shape index (κ1) is 13.3. The minimum absolute atomic E-state index is 0.0279. The van der Waals surface area contributed by atoms with Gasteiger partial charge in [-0.25, -0.2) is 13.2 Å². The quantitative estimate of drug-likeness (QED) is 0.827. The van der Waals surface area contributed by atoms with E-state index in [1.165, 1.54) is 18.2 Å². The zero-order valence-electron chi connectivity index (χ0n) is 9.52. The number of rotatable bonds is 3. The standard InChI is InChI=1S/C12H12O4S/c1-3-4-7-17(15,16)11-8-10(12(13)14)6-5-9(11)2/h5-6,8H,7H2,1-2H3,(H,13,14). The molecule has 17 heavy (non-hydrogen) atoms. The molecule has 0 saturated carbocycles. The van der Waals surface area contributed by atoms with Crippen LogP contribution in [0.5, 0.6) is 0 Å². The molecular formula is C12H12O4S. The molecule has 0 bridgehead atoms. The number of aromatic carboxylic acids is 1. The number of carbonyl (C=O) groups is 1. The van der Waals surface area contributed by atoms with E-state index in [-0.39, 0.29) is 16.2 Å². The summed E-state index contributed by atoms with van der Waals surface area (Å²) in [6, 6.07) is 4.03. The first-order chi connectivity index (χ1) is 7.88. The van der Waals surface area contributed by atoms with Gasteiger partial charge in [-0.05, 0) is 31.5 Å². The van der Waals surface area contributed by atoms with Crippen molar-refractivity contribution in [1.29, 1.82) is 0 Å². The Kier molecular flexibility index (Phi) is 3.92. The SMILES string of the molecule is CC#CCS(=O)(=O)c1cc(C(=O)O)ccc1C. The van der Waals surface area contributed by atoms with Gasteiger partial charge >= 0.3 is 5.97 Å². The highest BCUT2D eigenvalue weighted by Gasteiger charge is 2.17. The van der Waals surface area contributed by atoms with Crippen molar-refractivity contribution in [2.24, 2.45) is 0 Å². The van der Waals surface area contributed by atoms with Crippen LogP contribution in [0, 0.1) is 18.8 Å². The summed E-state index contributed by atoms with van der Waals surface area (Å²) >= 11 is 0. The minimum Gasteiger partial charge on any atom is -0.478 e. The van der Waals surface area contributed by atoms with Crippen LogP contribution in [0.4, 0.5) is 0 Å². The van der Waals surface area contributed by atoms with Crippen LogP contribution in [0.25, 0.3) is 0 Å². The van der Waals surface area contributed by atoms with E-state index < -0.39 is 15.8 Å². The fourth-order valence-electron chi connectivity index (χ4n) is 1.31. The summed E-state index contributed by atoms with van der Waals surface area (Å²) in [5, 5.41) is 8.82. The zero-order chi connectivity index (χ0) is 13.1. The van der Waals surface area contributed by atoms with Gasteiger partial charge < -0.3 is 5.11 Å². The molecule has 0 unspecified atom stereocenters. The van der Waals surface area contributed by atoms with Crippen LogP contribution in [-0.2, 0) is 9.84 Å². The van der Waals surface area contributed by atoms with Gasteiger partial charge in [-0.2, -0.15) is 0 Å². The molecule has 90 valence electrons. The molecule has 0 spiro atoms. The molecule has 0 atom stereocenters. The smallest absolute Gasteiger partial charge is 0.335 e. The Bertz CT molecular complexity index is 603. The van der Waals surface area contributed by atoms with Crippen molar-refractivity contribution in [2.75, 3.05) is 5.75 Å². The summed E-state index contributed by atoms with van der Waals surface area (Å²) in [5.41, 5.74) is 0.478.